The molecule has 0 bridgehead atoms. The minimum absolute atomic E-state index is 0.275. The first-order valence-electron chi connectivity index (χ1n) is 8.26. The van der Waals surface area contributed by atoms with E-state index in [1.807, 2.05) is 51.7 Å². The molecular formula is C17H27N3O2S2. The zero-order valence-electron chi connectivity index (χ0n) is 15.1. The molecule has 0 radical (unpaired) electrons. The van der Waals surface area contributed by atoms with E-state index >= 15 is 0 Å². The molecule has 0 aliphatic carbocycles. The van der Waals surface area contributed by atoms with Crippen LogP contribution < -0.4 is 5.32 Å². The molecule has 1 saturated heterocycles. The normalized spacial score (nSPS) is 16.5. The van der Waals surface area contributed by atoms with Crippen LogP contribution in [0.4, 0.5) is 0 Å². The SMILES string of the molecule is Cc1cc(C)c(S(=O)(=O)N2CCN(C(=S)NC(C)C)CC2)c(C)c1. The largest absolute Gasteiger partial charge is 0.360 e. The van der Waals surface area contributed by atoms with Crippen molar-refractivity contribution in [3.8, 4) is 0 Å². The van der Waals surface area contributed by atoms with Crippen molar-refractivity contribution in [1.82, 2.24) is 14.5 Å². The summed E-state index contributed by atoms with van der Waals surface area (Å²) in [5.74, 6) is 0. The first-order chi connectivity index (χ1) is 11.1. The highest BCUT2D eigenvalue weighted by Gasteiger charge is 2.31. The summed E-state index contributed by atoms with van der Waals surface area (Å²) < 4.78 is 27.7. The number of piperazine rings is 1. The van der Waals surface area contributed by atoms with E-state index in [2.05, 4.69) is 5.32 Å². The van der Waals surface area contributed by atoms with Crippen LogP contribution in [0, 0.1) is 20.8 Å². The molecule has 134 valence electrons. The second-order valence-corrected chi connectivity index (χ2v) is 8.98. The third kappa shape index (κ3) is 4.07. The quantitative estimate of drug-likeness (QED) is 0.828. The Bertz CT molecular complexity index is 698. The van der Waals surface area contributed by atoms with E-state index in [1.54, 1.807) is 4.31 Å². The Morgan fingerprint density at radius 2 is 1.58 bits per heavy atom. The maximum Gasteiger partial charge on any atom is 0.243 e. The monoisotopic (exact) mass is 369 g/mol. The van der Waals surface area contributed by atoms with Crippen LogP contribution >= 0.6 is 12.2 Å². The smallest absolute Gasteiger partial charge is 0.243 e. The van der Waals surface area contributed by atoms with Gasteiger partial charge in [-0.25, -0.2) is 8.42 Å². The first-order valence-corrected chi connectivity index (χ1v) is 10.1. The lowest BCUT2D eigenvalue weighted by Gasteiger charge is -2.36. The molecule has 1 N–H and O–H groups in total. The third-order valence-electron chi connectivity index (χ3n) is 4.14. The number of rotatable bonds is 3. The van der Waals surface area contributed by atoms with E-state index in [0.717, 1.165) is 16.7 Å². The van der Waals surface area contributed by atoms with Gasteiger partial charge in [-0.2, -0.15) is 4.31 Å². The topological polar surface area (TPSA) is 52.7 Å². The van der Waals surface area contributed by atoms with Gasteiger partial charge in [0.05, 0.1) is 4.90 Å². The molecule has 1 aromatic carbocycles. The van der Waals surface area contributed by atoms with Crippen LogP contribution in [-0.4, -0.2) is 55.0 Å². The van der Waals surface area contributed by atoms with Crippen LogP contribution in [0.15, 0.2) is 17.0 Å². The predicted octanol–water partition coefficient (Wildman–Crippen LogP) is 2.20. The molecule has 1 aromatic rings. The van der Waals surface area contributed by atoms with Gasteiger partial charge in [0.15, 0.2) is 5.11 Å². The molecule has 0 amide bonds. The van der Waals surface area contributed by atoms with Crippen LogP contribution in [0.5, 0.6) is 0 Å². The standard InChI is InChI=1S/C17H27N3O2S2/c1-12(2)18-17(23)19-6-8-20(9-7-19)24(21,22)16-14(4)10-13(3)11-15(16)5/h10-12H,6-9H2,1-5H3,(H,18,23). The van der Waals surface area contributed by atoms with Crippen molar-refractivity contribution in [1.29, 1.82) is 0 Å². The Morgan fingerprint density at radius 3 is 2.04 bits per heavy atom. The minimum Gasteiger partial charge on any atom is -0.360 e. The minimum atomic E-state index is -3.47. The molecule has 24 heavy (non-hydrogen) atoms. The van der Waals surface area contributed by atoms with Crippen molar-refractivity contribution in [2.75, 3.05) is 26.2 Å². The fourth-order valence-corrected chi connectivity index (χ4v) is 5.42. The summed E-state index contributed by atoms with van der Waals surface area (Å²) in [6.07, 6.45) is 0. The Morgan fingerprint density at radius 1 is 1.08 bits per heavy atom. The number of nitrogens with one attached hydrogen (secondary N) is 1. The highest BCUT2D eigenvalue weighted by atomic mass is 32.2. The van der Waals surface area contributed by atoms with E-state index in [1.165, 1.54) is 0 Å². The summed E-state index contributed by atoms with van der Waals surface area (Å²) in [5, 5.41) is 3.91. The van der Waals surface area contributed by atoms with E-state index in [4.69, 9.17) is 12.2 Å². The van der Waals surface area contributed by atoms with Crippen LogP contribution in [0.25, 0.3) is 0 Å². The van der Waals surface area contributed by atoms with Crippen molar-refractivity contribution in [2.24, 2.45) is 0 Å². The van der Waals surface area contributed by atoms with Crippen molar-refractivity contribution in [3.63, 3.8) is 0 Å². The molecule has 7 heteroatoms. The fourth-order valence-electron chi connectivity index (χ4n) is 3.17. The summed E-state index contributed by atoms with van der Waals surface area (Å²) in [6.45, 7) is 11.9. The first kappa shape index (κ1) is 19.1. The number of nitrogens with zero attached hydrogens (tertiary/aromatic N) is 2. The second kappa shape index (κ2) is 7.37. The van der Waals surface area contributed by atoms with Gasteiger partial charge in [0.25, 0.3) is 0 Å². The molecule has 0 aromatic heterocycles. The Hall–Kier alpha value is -1.18. The van der Waals surface area contributed by atoms with Gasteiger partial charge in [-0.3, -0.25) is 0 Å². The summed E-state index contributed by atoms with van der Waals surface area (Å²) in [4.78, 5) is 2.49. The molecule has 5 nitrogen and oxygen atoms in total. The number of hydrogen-bond acceptors (Lipinski definition) is 3. The molecule has 0 spiro atoms. The van der Waals surface area contributed by atoms with Crippen molar-refractivity contribution in [3.05, 3.63) is 28.8 Å². The molecule has 1 heterocycles. The van der Waals surface area contributed by atoms with E-state index in [9.17, 15) is 8.42 Å². The molecule has 2 rings (SSSR count). The van der Waals surface area contributed by atoms with Gasteiger partial charge in [0, 0.05) is 32.2 Å². The Kier molecular flexibility index (Phi) is 5.88. The molecule has 1 fully saturated rings. The summed E-state index contributed by atoms with van der Waals surface area (Å²) in [6, 6.07) is 4.13. The summed E-state index contributed by atoms with van der Waals surface area (Å²) in [5.41, 5.74) is 2.71. The van der Waals surface area contributed by atoms with Gasteiger partial charge in [-0.1, -0.05) is 17.7 Å². The molecule has 0 saturated carbocycles. The van der Waals surface area contributed by atoms with E-state index in [0.29, 0.717) is 36.2 Å². The number of thiocarbonyl (C=S) groups is 1. The van der Waals surface area contributed by atoms with Crippen LogP contribution in [0.2, 0.25) is 0 Å². The highest BCUT2D eigenvalue weighted by Crippen LogP contribution is 2.26. The van der Waals surface area contributed by atoms with Gasteiger partial charge < -0.3 is 10.2 Å². The van der Waals surface area contributed by atoms with Gasteiger partial charge >= 0.3 is 0 Å². The molecule has 0 unspecified atom stereocenters. The Labute approximate surface area is 151 Å². The zero-order valence-corrected chi connectivity index (χ0v) is 16.7. The molecule has 1 aliphatic rings. The third-order valence-corrected chi connectivity index (χ3v) is 6.72. The second-order valence-electron chi connectivity index (χ2n) is 6.72. The van der Waals surface area contributed by atoms with Crippen LogP contribution in [0.3, 0.4) is 0 Å². The average Bonchev–Trinajstić information content (AvgIpc) is 2.45. The summed E-state index contributed by atoms with van der Waals surface area (Å²) in [7, 11) is -3.47. The van der Waals surface area contributed by atoms with Gasteiger partial charge in [-0.05, 0) is 58.0 Å². The fraction of sp³-hybridized carbons (Fsp3) is 0.588. The van der Waals surface area contributed by atoms with Crippen molar-refractivity contribution in [2.45, 2.75) is 45.6 Å². The van der Waals surface area contributed by atoms with Crippen molar-refractivity contribution < 1.29 is 8.42 Å². The summed E-state index contributed by atoms with van der Waals surface area (Å²) >= 11 is 5.38. The lowest BCUT2D eigenvalue weighted by atomic mass is 10.1. The number of hydrogen-bond donors (Lipinski definition) is 1. The maximum absolute atomic E-state index is 13.1. The maximum atomic E-state index is 13.1. The van der Waals surface area contributed by atoms with Crippen LogP contribution in [-0.2, 0) is 10.0 Å². The number of benzene rings is 1. The zero-order chi connectivity index (χ0) is 18.1. The molecule has 0 atom stereocenters. The Balaban J connectivity index is 2.15. The highest BCUT2D eigenvalue weighted by molar-refractivity contribution is 7.89. The van der Waals surface area contributed by atoms with Crippen LogP contribution in [0.1, 0.15) is 30.5 Å². The van der Waals surface area contributed by atoms with Gasteiger partial charge in [-0.15, -0.1) is 0 Å². The molecule has 1 aliphatic heterocycles. The number of sulfonamides is 1. The number of aryl methyl sites for hydroxylation is 3. The van der Waals surface area contributed by atoms with Crippen molar-refractivity contribution >= 4 is 27.4 Å². The lowest BCUT2D eigenvalue weighted by Crippen LogP contribution is -2.53. The molecular weight excluding hydrogens is 342 g/mol. The van der Waals surface area contributed by atoms with E-state index < -0.39 is 10.0 Å². The van der Waals surface area contributed by atoms with E-state index in [-0.39, 0.29) is 6.04 Å². The predicted molar refractivity (Wildman–Crippen MR) is 102 cm³/mol. The lowest BCUT2D eigenvalue weighted by molar-refractivity contribution is 0.263. The average molecular weight is 370 g/mol. The van der Waals surface area contributed by atoms with Gasteiger partial charge in [0.1, 0.15) is 0 Å². The van der Waals surface area contributed by atoms with Gasteiger partial charge in [0.2, 0.25) is 10.0 Å².